The minimum Gasteiger partial charge on any atom is -0.219 e. The number of rotatable bonds is 1. The van der Waals surface area contributed by atoms with Crippen LogP contribution in [0.15, 0.2) is 29.4 Å². The molecule has 0 N–H and O–H groups in total. The highest BCUT2D eigenvalue weighted by Gasteiger charge is 2.30. The van der Waals surface area contributed by atoms with Crippen LogP contribution in [0.2, 0.25) is 0 Å². The third-order valence-corrected chi connectivity index (χ3v) is 1.69. The maximum absolute atomic E-state index is 12.1. The van der Waals surface area contributed by atoms with E-state index in [2.05, 4.69) is 5.10 Å². The van der Waals surface area contributed by atoms with E-state index in [0.29, 0.717) is 5.69 Å². The van der Waals surface area contributed by atoms with E-state index in [9.17, 15) is 13.2 Å². The van der Waals surface area contributed by atoms with Gasteiger partial charge in [0.25, 0.3) is 0 Å². The molecule has 1 aromatic rings. The lowest BCUT2D eigenvalue weighted by molar-refractivity contribution is -0.137. The van der Waals surface area contributed by atoms with Crippen LogP contribution >= 0.6 is 0 Å². The Labute approximate surface area is 72.3 Å². The Hall–Kier alpha value is -1.52. The Kier molecular flexibility index (Phi) is 1.55. The van der Waals surface area contributed by atoms with Crippen LogP contribution in [0.25, 0.3) is 0 Å². The molecule has 13 heavy (non-hydrogen) atoms. The molecular weight excluding hydrogens is 181 g/mol. The average molecular weight is 186 g/mol. The molecule has 0 aliphatic carbocycles. The molecule has 0 saturated heterocycles. The van der Waals surface area contributed by atoms with Crippen LogP contribution < -0.4 is 5.01 Å². The molecule has 0 unspecified atom stereocenters. The Morgan fingerprint density at radius 1 is 1.08 bits per heavy atom. The number of anilines is 1. The lowest BCUT2D eigenvalue weighted by Crippen LogP contribution is -2.04. The third kappa shape index (κ3) is 1.63. The third-order valence-electron chi connectivity index (χ3n) is 1.69. The molecule has 5 heteroatoms. The molecular formula is C8H5F3N2. The van der Waals surface area contributed by atoms with E-state index < -0.39 is 11.7 Å². The number of benzene rings is 1. The minimum absolute atomic E-state index is 0.641. The molecule has 1 heterocycles. The lowest BCUT2D eigenvalue weighted by atomic mass is 10.2. The summed E-state index contributed by atoms with van der Waals surface area (Å²) in [6, 6.07) is 4.85. The normalized spacial score (nSPS) is 14.8. The highest BCUT2D eigenvalue weighted by Crippen LogP contribution is 2.30. The van der Waals surface area contributed by atoms with Crippen LogP contribution in [0.5, 0.6) is 0 Å². The second-order valence-electron chi connectivity index (χ2n) is 2.62. The van der Waals surface area contributed by atoms with Crippen LogP contribution in [0, 0.1) is 0 Å². The van der Waals surface area contributed by atoms with Gasteiger partial charge in [-0.05, 0) is 24.3 Å². The van der Waals surface area contributed by atoms with Gasteiger partial charge in [0.2, 0.25) is 0 Å². The van der Waals surface area contributed by atoms with Gasteiger partial charge < -0.3 is 0 Å². The van der Waals surface area contributed by atoms with Gasteiger partial charge in [-0.2, -0.15) is 18.3 Å². The van der Waals surface area contributed by atoms with Crippen molar-refractivity contribution in [1.29, 1.82) is 0 Å². The molecule has 1 aromatic carbocycles. The van der Waals surface area contributed by atoms with Gasteiger partial charge in [0.15, 0.2) is 0 Å². The number of hydrogen-bond donors (Lipinski definition) is 0. The molecule has 0 spiro atoms. The zero-order valence-electron chi connectivity index (χ0n) is 6.42. The molecule has 0 bridgehead atoms. The Morgan fingerprint density at radius 3 is 2.00 bits per heavy atom. The van der Waals surface area contributed by atoms with Crippen molar-refractivity contribution in [2.24, 2.45) is 5.10 Å². The number of hydrazone groups is 1. The zero-order chi connectivity index (χ0) is 9.47. The van der Waals surface area contributed by atoms with E-state index in [1.165, 1.54) is 23.5 Å². The summed E-state index contributed by atoms with van der Waals surface area (Å²) < 4.78 is 36.3. The number of hydrogen-bond acceptors (Lipinski definition) is 2. The Morgan fingerprint density at radius 2 is 1.62 bits per heavy atom. The zero-order valence-corrected chi connectivity index (χ0v) is 6.42. The fourth-order valence-electron chi connectivity index (χ4n) is 0.962. The fourth-order valence-corrected chi connectivity index (χ4v) is 0.962. The predicted octanol–water partition coefficient (Wildman–Crippen LogP) is 2.47. The number of alkyl halides is 3. The van der Waals surface area contributed by atoms with Gasteiger partial charge in [-0.3, -0.25) is 0 Å². The quantitative estimate of drug-likeness (QED) is 0.657. The monoisotopic (exact) mass is 186 g/mol. The van der Waals surface area contributed by atoms with E-state index >= 15 is 0 Å². The molecule has 2 rings (SSSR count). The van der Waals surface area contributed by atoms with Crippen molar-refractivity contribution < 1.29 is 13.2 Å². The van der Waals surface area contributed by atoms with Gasteiger partial charge in [0.1, 0.15) is 6.34 Å². The molecule has 0 amide bonds. The maximum Gasteiger partial charge on any atom is 0.416 e. The van der Waals surface area contributed by atoms with Crippen molar-refractivity contribution in [1.82, 2.24) is 0 Å². The van der Waals surface area contributed by atoms with Gasteiger partial charge in [-0.25, -0.2) is 5.01 Å². The maximum atomic E-state index is 12.1. The summed E-state index contributed by atoms with van der Waals surface area (Å²) in [4.78, 5) is 0. The molecule has 0 fully saturated rings. The van der Waals surface area contributed by atoms with E-state index in [1.807, 2.05) is 0 Å². The SMILES string of the molecule is FC(F)(F)c1ccc(N2C=N2)cc1. The van der Waals surface area contributed by atoms with Crippen molar-refractivity contribution >= 4 is 12.0 Å². The van der Waals surface area contributed by atoms with Crippen molar-refractivity contribution in [3.8, 4) is 0 Å². The largest absolute Gasteiger partial charge is 0.416 e. The van der Waals surface area contributed by atoms with Gasteiger partial charge in [-0.15, -0.1) is 0 Å². The predicted molar refractivity (Wildman–Crippen MR) is 42.4 cm³/mol. The van der Waals surface area contributed by atoms with E-state index in [4.69, 9.17) is 0 Å². The molecule has 0 radical (unpaired) electrons. The second kappa shape index (κ2) is 2.48. The van der Waals surface area contributed by atoms with Crippen LogP contribution in [0.1, 0.15) is 5.56 Å². The first-order valence-corrected chi connectivity index (χ1v) is 3.58. The fraction of sp³-hybridized carbons (Fsp3) is 0.125. The molecule has 0 atom stereocenters. The van der Waals surface area contributed by atoms with Gasteiger partial charge in [-0.1, -0.05) is 0 Å². The number of nitrogens with zero attached hydrogens (tertiary/aromatic N) is 2. The van der Waals surface area contributed by atoms with Crippen molar-refractivity contribution in [2.75, 3.05) is 5.01 Å². The van der Waals surface area contributed by atoms with Gasteiger partial charge >= 0.3 is 6.18 Å². The molecule has 68 valence electrons. The Bertz CT molecular complexity index is 333. The Balaban J connectivity index is 2.23. The molecule has 1 aliphatic heterocycles. The summed E-state index contributed by atoms with van der Waals surface area (Å²) >= 11 is 0. The summed E-state index contributed by atoms with van der Waals surface area (Å²) in [5, 5.41) is 5.19. The van der Waals surface area contributed by atoms with Gasteiger partial charge in [0.05, 0.1) is 11.3 Å². The smallest absolute Gasteiger partial charge is 0.219 e. The summed E-state index contributed by atoms with van der Waals surface area (Å²) in [5.74, 6) is 0. The summed E-state index contributed by atoms with van der Waals surface area (Å²) in [6.07, 6.45) is -2.74. The standard InChI is InChI=1S/C8H5F3N2/c9-8(10,11)6-1-3-7(4-2-6)13-5-12-13/h1-5H. The summed E-state index contributed by atoms with van der Waals surface area (Å²) in [5.41, 5.74) is 0.00565. The highest BCUT2D eigenvalue weighted by molar-refractivity contribution is 5.89. The highest BCUT2D eigenvalue weighted by atomic mass is 19.4. The van der Waals surface area contributed by atoms with Gasteiger partial charge in [0, 0.05) is 0 Å². The first-order valence-electron chi connectivity index (χ1n) is 3.58. The van der Waals surface area contributed by atoms with E-state index in [1.54, 1.807) is 0 Å². The van der Waals surface area contributed by atoms with Crippen molar-refractivity contribution in [3.05, 3.63) is 29.8 Å². The first-order chi connectivity index (χ1) is 6.07. The molecule has 0 saturated carbocycles. The average Bonchev–Trinajstić information content (AvgIpc) is 2.85. The van der Waals surface area contributed by atoms with E-state index in [-0.39, 0.29) is 0 Å². The topological polar surface area (TPSA) is 15.4 Å². The summed E-state index contributed by atoms with van der Waals surface area (Å²) in [7, 11) is 0. The summed E-state index contributed by atoms with van der Waals surface area (Å²) in [6.45, 7) is 0. The van der Waals surface area contributed by atoms with Crippen LogP contribution in [-0.2, 0) is 6.18 Å². The molecule has 0 aromatic heterocycles. The first kappa shape index (κ1) is 8.10. The van der Waals surface area contributed by atoms with Crippen LogP contribution in [-0.4, -0.2) is 6.34 Å². The van der Waals surface area contributed by atoms with E-state index in [0.717, 1.165) is 12.1 Å². The van der Waals surface area contributed by atoms with Crippen molar-refractivity contribution in [3.63, 3.8) is 0 Å². The molecule has 1 aliphatic rings. The van der Waals surface area contributed by atoms with Crippen LogP contribution in [0.3, 0.4) is 0 Å². The molecule has 2 nitrogen and oxygen atoms in total. The second-order valence-corrected chi connectivity index (χ2v) is 2.62. The minimum atomic E-state index is -4.27. The van der Waals surface area contributed by atoms with Crippen molar-refractivity contribution in [2.45, 2.75) is 6.18 Å². The lowest BCUT2D eigenvalue weighted by Gasteiger charge is -2.06. The number of halogens is 3. The van der Waals surface area contributed by atoms with Crippen LogP contribution in [0.4, 0.5) is 18.9 Å².